The summed E-state index contributed by atoms with van der Waals surface area (Å²) in [7, 11) is 0. The number of ether oxygens (including phenoxy) is 1. The van der Waals surface area contributed by atoms with Gasteiger partial charge in [-0.15, -0.1) is 0 Å². The predicted octanol–water partition coefficient (Wildman–Crippen LogP) is 2.37. The first-order valence-corrected chi connectivity index (χ1v) is 11.2. The van der Waals surface area contributed by atoms with Gasteiger partial charge >= 0.3 is 0 Å². The van der Waals surface area contributed by atoms with Gasteiger partial charge in [-0.25, -0.2) is 0 Å². The molecule has 1 aliphatic heterocycles. The maximum absolute atomic E-state index is 12.5. The van der Waals surface area contributed by atoms with Crippen LogP contribution in [-0.2, 0) is 16.1 Å². The van der Waals surface area contributed by atoms with Gasteiger partial charge in [0.25, 0.3) is 0 Å². The van der Waals surface area contributed by atoms with Crippen molar-refractivity contribution in [1.82, 2.24) is 25.3 Å². The molecule has 3 rings (SSSR count). The van der Waals surface area contributed by atoms with Crippen molar-refractivity contribution in [2.75, 3.05) is 39.3 Å². The number of nitrogens with zero attached hydrogens (tertiary/aromatic N) is 4. The Morgan fingerprint density at radius 2 is 1.97 bits per heavy atom. The second kappa shape index (κ2) is 11.0. The highest BCUT2D eigenvalue weighted by Gasteiger charge is 2.24. The lowest BCUT2D eigenvalue weighted by molar-refractivity contribution is -0.123. The van der Waals surface area contributed by atoms with Crippen molar-refractivity contribution >= 4 is 5.91 Å². The van der Waals surface area contributed by atoms with E-state index < -0.39 is 0 Å². The maximum Gasteiger partial charge on any atom is 0.240 e. The highest BCUT2D eigenvalue weighted by molar-refractivity contribution is 5.78. The summed E-state index contributed by atoms with van der Waals surface area (Å²) in [6.45, 7) is 11.6. The van der Waals surface area contributed by atoms with Crippen molar-refractivity contribution in [2.45, 2.75) is 71.6 Å². The van der Waals surface area contributed by atoms with Crippen molar-refractivity contribution in [3.8, 4) is 0 Å². The molecule has 3 atom stereocenters. The summed E-state index contributed by atoms with van der Waals surface area (Å²) in [4.78, 5) is 21.6. The monoisotopic (exact) mass is 407 g/mol. The van der Waals surface area contributed by atoms with Crippen LogP contribution in [0.1, 0.15) is 70.7 Å². The van der Waals surface area contributed by atoms with Gasteiger partial charge in [0.2, 0.25) is 11.8 Å². The summed E-state index contributed by atoms with van der Waals surface area (Å²) < 4.78 is 10.9. The summed E-state index contributed by atoms with van der Waals surface area (Å²) in [6.07, 6.45) is 5.75. The van der Waals surface area contributed by atoms with Gasteiger partial charge in [-0.05, 0) is 52.1 Å². The number of amides is 1. The van der Waals surface area contributed by atoms with Crippen LogP contribution < -0.4 is 5.32 Å². The molecule has 0 aromatic carbocycles. The molecule has 3 unspecified atom stereocenters. The van der Waals surface area contributed by atoms with Crippen LogP contribution in [-0.4, -0.2) is 71.2 Å². The van der Waals surface area contributed by atoms with E-state index in [-0.39, 0.29) is 12.0 Å². The lowest BCUT2D eigenvalue weighted by Crippen LogP contribution is -2.46. The molecule has 2 aliphatic rings. The Morgan fingerprint density at radius 1 is 1.21 bits per heavy atom. The number of rotatable bonds is 8. The summed E-state index contributed by atoms with van der Waals surface area (Å²) >= 11 is 0. The molecular formula is C21H37N5O3. The molecule has 29 heavy (non-hydrogen) atoms. The van der Waals surface area contributed by atoms with Gasteiger partial charge in [0.15, 0.2) is 5.82 Å². The highest BCUT2D eigenvalue weighted by atomic mass is 16.5. The maximum atomic E-state index is 12.5. The van der Waals surface area contributed by atoms with Crippen LogP contribution in [0.2, 0.25) is 0 Å². The number of nitrogens with one attached hydrogen (secondary N) is 1. The molecule has 2 heterocycles. The first kappa shape index (κ1) is 22.2. The second-order valence-corrected chi connectivity index (χ2v) is 8.49. The molecule has 2 fully saturated rings. The first-order chi connectivity index (χ1) is 14.0. The molecule has 1 aliphatic carbocycles. The fraction of sp³-hybridized carbons (Fsp3) is 0.857. The van der Waals surface area contributed by atoms with Crippen LogP contribution in [0.5, 0.6) is 0 Å². The molecule has 1 N–H and O–H groups in total. The van der Waals surface area contributed by atoms with E-state index in [1.54, 1.807) is 0 Å². The molecule has 1 aromatic heterocycles. The average molecular weight is 408 g/mol. The number of aromatic nitrogens is 2. The summed E-state index contributed by atoms with van der Waals surface area (Å²) in [6, 6.07) is 0.352. The molecular weight excluding hydrogens is 370 g/mol. The van der Waals surface area contributed by atoms with Crippen LogP contribution in [0.25, 0.3) is 0 Å². The van der Waals surface area contributed by atoms with E-state index in [9.17, 15) is 4.79 Å². The largest absolute Gasteiger partial charge is 0.371 e. The number of hydrogen-bond acceptors (Lipinski definition) is 7. The minimum absolute atomic E-state index is 0.150. The van der Waals surface area contributed by atoms with Gasteiger partial charge in [0.05, 0.1) is 13.1 Å². The van der Waals surface area contributed by atoms with Crippen LogP contribution in [0.15, 0.2) is 4.52 Å². The average Bonchev–Trinajstić information content (AvgIpc) is 3.05. The van der Waals surface area contributed by atoms with Gasteiger partial charge in [0.1, 0.15) is 6.10 Å². The van der Waals surface area contributed by atoms with Crippen LogP contribution in [0.4, 0.5) is 0 Å². The topological polar surface area (TPSA) is 83.7 Å². The fourth-order valence-electron chi connectivity index (χ4n) is 4.34. The van der Waals surface area contributed by atoms with Crippen LogP contribution in [0.3, 0.4) is 0 Å². The van der Waals surface area contributed by atoms with Gasteiger partial charge < -0.3 is 14.6 Å². The highest BCUT2D eigenvalue weighted by Crippen LogP contribution is 2.23. The van der Waals surface area contributed by atoms with Gasteiger partial charge in [-0.3, -0.25) is 14.6 Å². The third kappa shape index (κ3) is 6.76. The van der Waals surface area contributed by atoms with E-state index in [1.165, 1.54) is 19.3 Å². The lowest BCUT2D eigenvalue weighted by atomic mass is 9.86. The molecule has 8 heteroatoms. The van der Waals surface area contributed by atoms with Crippen molar-refractivity contribution in [3.63, 3.8) is 0 Å². The van der Waals surface area contributed by atoms with E-state index in [2.05, 4.69) is 32.2 Å². The van der Waals surface area contributed by atoms with Crippen molar-refractivity contribution in [1.29, 1.82) is 0 Å². The summed E-state index contributed by atoms with van der Waals surface area (Å²) in [5.41, 5.74) is 0. The zero-order valence-electron chi connectivity index (χ0n) is 18.2. The van der Waals surface area contributed by atoms with Gasteiger partial charge in [-0.2, -0.15) is 4.98 Å². The van der Waals surface area contributed by atoms with E-state index in [0.717, 1.165) is 39.0 Å². The number of carbonyl (C=O) groups excluding carboxylic acids is 1. The Balaban J connectivity index is 1.42. The van der Waals surface area contributed by atoms with Crippen molar-refractivity contribution in [2.24, 2.45) is 5.92 Å². The predicted molar refractivity (Wildman–Crippen MR) is 110 cm³/mol. The van der Waals surface area contributed by atoms with Crippen molar-refractivity contribution < 1.29 is 14.1 Å². The minimum atomic E-state index is -0.150. The third-order valence-corrected chi connectivity index (χ3v) is 6.13. The zero-order chi connectivity index (χ0) is 20.6. The number of hydrogen-bond donors (Lipinski definition) is 1. The first-order valence-electron chi connectivity index (χ1n) is 11.2. The van der Waals surface area contributed by atoms with E-state index in [0.29, 0.717) is 43.4 Å². The molecule has 1 aromatic rings. The molecule has 0 radical (unpaired) electrons. The Morgan fingerprint density at radius 3 is 2.76 bits per heavy atom. The normalized spacial score (nSPS) is 25.5. The second-order valence-electron chi connectivity index (χ2n) is 8.49. The number of carbonyl (C=O) groups is 1. The Hall–Kier alpha value is -1.51. The Labute approximate surface area is 174 Å². The molecule has 1 saturated heterocycles. The van der Waals surface area contributed by atoms with Crippen LogP contribution >= 0.6 is 0 Å². The fourth-order valence-corrected chi connectivity index (χ4v) is 4.34. The van der Waals surface area contributed by atoms with Crippen LogP contribution in [0, 0.1) is 5.92 Å². The summed E-state index contributed by atoms with van der Waals surface area (Å²) in [5, 5.41) is 7.31. The Bertz CT molecular complexity index is 638. The SMILES string of the molecule is CCOC(C)c1noc(CN2CCCN(CC(=O)NC3CCCCC3C)CC2)n1. The van der Waals surface area contributed by atoms with Gasteiger partial charge in [0, 0.05) is 25.7 Å². The van der Waals surface area contributed by atoms with Gasteiger partial charge in [-0.1, -0.05) is 24.9 Å². The van der Waals surface area contributed by atoms with Crippen molar-refractivity contribution in [3.05, 3.63) is 11.7 Å². The summed E-state index contributed by atoms with van der Waals surface area (Å²) in [5.74, 6) is 2.00. The van der Waals surface area contributed by atoms with E-state index in [4.69, 9.17) is 9.26 Å². The van der Waals surface area contributed by atoms with E-state index >= 15 is 0 Å². The molecule has 8 nitrogen and oxygen atoms in total. The minimum Gasteiger partial charge on any atom is -0.371 e. The third-order valence-electron chi connectivity index (χ3n) is 6.13. The quantitative estimate of drug-likeness (QED) is 0.708. The van der Waals surface area contributed by atoms with E-state index in [1.807, 2.05) is 13.8 Å². The smallest absolute Gasteiger partial charge is 0.240 e. The molecule has 164 valence electrons. The molecule has 1 amide bonds. The molecule has 0 spiro atoms. The Kier molecular flexibility index (Phi) is 8.44. The lowest BCUT2D eigenvalue weighted by Gasteiger charge is -2.30. The molecule has 0 bridgehead atoms. The zero-order valence-corrected chi connectivity index (χ0v) is 18.2. The molecule has 1 saturated carbocycles. The standard InChI is InChI=1S/C21H37N5O3/c1-4-28-17(3)21-23-20(29-24-21)15-26-11-7-10-25(12-13-26)14-19(27)22-18-9-6-5-8-16(18)2/h16-18H,4-15H2,1-3H3,(H,22,27).